The van der Waals surface area contributed by atoms with Crippen molar-refractivity contribution < 1.29 is 22.3 Å². The molecule has 0 atom stereocenters. The molecule has 0 aromatic heterocycles. The van der Waals surface area contributed by atoms with Gasteiger partial charge in [-0.15, -0.1) is 13.2 Å². The van der Waals surface area contributed by atoms with Gasteiger partial charge < -0.3 is 4.74 Å². The standard InChI is InChI=1S/C29H22F4O/c1-2-20-3-5-21(6-4-20)7-8-23-12-18-27-25(19-23)15-14-24(28(27)30)13-9-22-10-16-26(17-11-22)34-29(31,32)33/h3-6,10-12,14-19H,2,9,13H2,1H3. The van der Waals surface area contributed by atoms with Crippen LogP contribution in [0.2, 0.25) is 0 Å². The van der Waals surface area contributed by atoms with Crippen LogP contribution in [-0.2, 0) is 19.3 Å². The normalized spacial score (nSPS) is 11.2. The number of hydrogen-bond donors (Lipinski definition) is 0. The Morgan fingerprint density at radius 3 is 2.06 bits per heavy atom. The Balaban J connectivity index is 1.46. The fraction of sp³-hybridized carbons (Fsp3) is 0.172. The van der Waals surface area contributed by atoms with Crippen molar-refractivity contribution in [1.29, 1.82) is 0 Å². The monoisotopic (exact) mass is 462 g/mol. The minimum atomic E-state index is -4.72. The Labute approximate surface area is 196 Å². The van der Waals surface area contributed by atoms with Gasteiger partial charge in [-0.2, -0.15) is 0 Å². The molecule has 0 amide bonds. The molecule has 0 aliphatic rings. The van der Waals surface area contributed by atoms with Crippen molar-refractivity contribution in [2.45, 2.75) is 32.5 Å². The summed E-state index contributed by atoms with van der Waals surface area (Å²) in [5, 5.41) is 1.28. The van der Waals surface area contributed by atoms with Gasteiger partial charge in [0.1, 0.15) is 11.6 Å². The first-order valence-electron chi connectivity index (χ1n) is 11.0. The SMILES string of the molecule is CCc1ccc(C#Cc2ccc3c(F)c(CCc4ccc(OC(F)(F)F)cc4)ccc3c2)cc1. The van der Waals surface area contributed by atoms with E-state index in [-0.39, 0.29) is 11.6 Å². The summed E-state index contributed by atoms with van der Waals surface area (Å²) in [5.41, 5.74) is 4.34. The molecule has 0 saturated heterocycles. The van der Waals surface area contributed by atoms with Crippen LogP contribution in [0.1, 0.15) is 34.7 Å². The van der Waals surface area contributed by atoms with Crippen LogP contribution in [0.15, 0.2) is 78.9 Å². The highest BCUT2D eigenvalue weighted by Gasteiger charge is 2.30. The molecule has 4 aromatic carbocycles. The molecular formula is C29H22F4O. The second-order valence-electron chi connectivity index (χ2n) is 7.97. The van der Waals surface area contributed by atoms with Crippen LogP contribution in [0.3, 0.4) is 0 Å². The summed E-state index contributed by atoms with van der Waals surface area (Å²) < 4.78 is 55.8. The van der Waals surface area contributed by atoms with Crippen molar-refractivity contribution in [3.8, 4) is 17.6 Å². The van der Waals surface area contributed by atoms with E-state index in [0.29, 0.717) is 23.8 Å². The van der Waals surface area contributed by atoms with Crippen molar-refractivity contribution in [2.75, 3.05) is 0 Å². The molecule has 0 saturated carbocycles. The molecule has 1 nitrogen and oxygen atoms in total. The van der Waals surface area contributed by atoms with E-state index in [2.05, 4.69) is 35.6 Å². The zero-order chi connectivity index (χ0) is 24.1. The molecular weight excluding hydrogens is 440 g/mol. The summed E-state index contributed by atoms with van der Waals surface area (Å²) >= 11 is 0. The Kier molecular flexibility index (Phi) is 6.88. The van der Waals surface area contributed by atoms with Crippen LogP contribution in [0.4, 0.5) is 17.6 Å². The van der Waals surface area contributed by atoms with E-state index in [9.17, 15) is 13.2 Å². The van der Waals surface area contributed by atoms with Gasteiger partial charge in [0.25, 0.3) is 0 Å². The topological polar surface area (TPSA) is 9.23 Å². The lowest BCUT2D eigenvalue weighted by Gasteiger charge is -2.10. The Morgan fingerprint density at radius 1 is 0.735 bits per heavy atom. The lowest BCUT2D eigenvalue weighted by Crippen LogP contribution is -2.17. The van der Waals surface area contributed by atoms with Crippen LogP contribution >= 0.6 is 0 Å². The van der Waals surface area contributed by atoms with Gasteiger partial charge in [0, 0.05) is 16.5 Å². The maximum Gasteiger partial charge on any atom is 0.573 e. The zero-order valence-corrected chi connectivity index (χ0v) is 18.5. The van der Waals surface area contributed by atoms with Gasteiger partial charge in [-0.25, -0.2) is 4.39 Å². The minimum absolute atomic E-state index is 0.273. The summed E-state index contributed by atoms with van der Waals surface area (Å²) in [7, 11) is 0. The van der Waals surface area contributed by atoms with E-state index >= 15 is 4.39 Å². The highest BCUT2D eigenvalue weighted by Crippen LogP contribution is 2.25. The lowest BCUT2D eigenvalue weighted by atomic mass is 9.99. The quantitative estimate of drug-likeness (QED) is 0.219. The molecule has 34 heavy (non-hydrogen) atoms. The number of rotatable bonds is 5. The third-order valence-electron chi connectivity index (χ3n) is 5.59. The van der Waals surface area contributed by atoms with Gasteiger partial charge in [0.05, 0.1) is 0 Å². The third-order valence-corrected chi connectivity index (χ3v) is 5.59. The Morgan fingerprint density at radius 2 is 1.38 bits per heavy atom. The largest absolute Gasteiger partial charge is 0.573 e. The lowest BCUT2D eigenvalue weighted by molar-refractivity contribution is -0.274. The number of alkyl halides is 3. The van der Waals surface area contributed by atoms with E-state index < -0.39 is 6.36 Å². The van der Waals surface area contributed by atoms with Crippen molar-refractivity contribution in [3.63, 3.8) is 0 Å². The first-order valence-corrected chi connectivity index (χ1v) is 11.0. The van der Waals surface area contributed by atoms with Crippen LogP contribution in [-0.4, -0.2) is 6.36 Å². The molecule has 0 bridgehead atoms. The summed E-state index contributed by atoms with van der Waals surface area (Å²) in [6.45, 7) is 2.11. The molecule has 4 aromatic rings. The first kappa shape index (κ1) is 23.4. The summed E-state index contributed by atoms with van der Waals surface area (Å²) in [6, 6.07) is 22.8. The number of hydrogen-bond acceptors (Lipinski definition) is 1. The number of fused-ring (bicyclic) bond motifs is 1. The van der Waals surface area contributed by atoms with Gasteiger partial charge in [-0.1, -0.05) is 61.2 Å². The van der Waals surface area contributed by atoms with Gasteiger partial charge in [0.15, 0.2) is 0 Å². The maximum absolute atomic E-state index is 15.1. The summed E-state index contributed by atoms with van der Waals surface area (Å²) in [5.74, 6) is 5.72. The van der Waals surface area contributed by atoms with Crippen LogP contribution in [0.5, 0.6) is 5.75 Å². The molecule has 0 spiro atoms. The van der Waals surface area contributed by atoms with Crippen LogP contribution in [0.25, 0.3) is 10.8 Å². The van der Waals surface area contributed by atoms with Crippen LogP contribution < -0.4 is 4.74 Å². The maximum atomic E-state index is 15.1. The Bertz CT molecular complexity index is 1340. The van der Waals surface area contributed by atoms with E-state index in [1.54, 1.807) is 24.3 Å². The molecule has 0 aliphatic carbocycles. The van der Waals surface area contributed by atoms with Crippen molar-refractivity contribution >= 4 is 10.8 Å². The first-order chi connectivity index (χ1) is 16.3. The third kappa shape index (κ3) is 5.96. The predicted molar refractivity (Wildman–Crippen MR) is 126 cm³/mol. The minimum Gasteiger partial charge on any atom is -0.406 e. The van der Waals surface area contributed by atoms with Crippen molar-refractivity contribution in [1.82, 2.24) is 0 Å². The number of aryl methyl sites for hydroxylation is 3. The highest BCUT2D eigenvalue weighted by atomic mass is 19.4. The summed E-state index contributed by atoms with van der Waals surface area (Å²) in [4.78, 5) is 0. The zero-order valence-electron chi connectivity index (χ0n) is 18.5. The van der Waals surface area contributed by atoms with Crippen LogP contribution in [0, 0.1) is 17.7 Å². The fourth-order valence-corrected chi connectivity index (χ4v) is 3.71. The molecule has 0 N–H and O–H groups in total. The van der Waals surface area contributed by atoms with Gasteiger partial charge in [0.2, 0.25) is 0 Å². The molecule has 4 rings (SSSR count). The molecule has 172 valence electrons. The molecule has 0 fully saturated rings. The van der Waals surface area contributed by atoms with E-state index in [0.717, 1.165) is 28.5 Å². The highest BCUT2D eigenvalue weighted by molar-refractivity contribution is 5.85. The van der Waals surface area contributed by atoms with Gasteiger partial charge in [-0.05, 0) is 77.7 Å². The molecule has 0 unspecified atom stereocenters. The number of benzene rings is 4. The molecule has 0 radical (unpaired) electrons. The smallest absolute Gasteiger partial charge is 0.406 e. The second-order valence-corrected chi connectivity index (χ2v) is 7.97. The second kappa shape index (κ2) is 10.0. The average molecular weight is 462 g/mol. The van der Waals surface area contributed by atoms with Gasteiger partial charge in [-0.3, -0.25) is 0 Å². The predicted octanol–water partition coefficient (Wildman–Crippen LogP) is 7.62. The average Bonchev–Trinajstić information content (AvgIpc) is 2.82. The Hall–Kier alpha value is -3.78. The van der Waals surface area contributed by atoms with E-state index in [1.165, 1.54) is 17.7 Å². The molecule has 5 heteroatoms. The van der Waals surface area contributed by atoms with E-state index in [1.807, 2.05) is 30.3 Å². The van der Waals surface area contributed by atoms with Gasteiger partial charge >= 0.3 is 6.36 Å². The number of ether oxygens (including phenoxy) is 1. The molecule has 0 aliphatic heterocycles. The van der Waals surface area contributed by atoms with Crippen molar-refractivity contribution in [2.24, 2.45) is 0 Å². The fourth-order valence-electron chi connectivity index (χ4n) is 3.71. The summed E-state index contributed by atoms with van der Waals surface area (Å²) in [6.07, 6.45) is -2.82. The van der Waals surface area contributed by atoms with Crippen molar-refractivity contribution in [3.05, 3.63) is 112 Å². The van der Waals surface area contributed by atoms with E-state index in [4.69, 9.17) is 0 Å². The number of halogens is 4. The molecule has 0 heterocycles.